The molecule has 2 nitrogen and oxygen atoms in total. The Bertz CT molecular complexity index is 503. The number of carbonyl (C=O) groups excluding carboxylic acids is 1. The van der Waals surface area contributed by atoms with Crippen LogP contribution in [0.2, 0.25) is 0 Å². The molecule has 0 atom stereocenters. The largest absolute Gasteiger partial charge is 0.497 e. The predicted octanol–water partition coefficient (Wildman–Crippen LogP) is 2.98. The number of aldehydes is 1. The molecule has 82 valence electrons. The average Bonchev–Trinajstić information content (AvgIpc) is 2.35. The third-order valence-corrected chi connectivity index (χ3v) is 2.71. The molecular formula is C14H14O2. The SMILES string of the molecule is COc1ccc2c(CCC=O)cccc2c1. The Kier molecular flexibility index (Phi) is 3.20. The second kappa shape index (κ2) is 4.79. The van der Waals surface area contributed by atoms with Gasteiger partial charge in [0.05, 0.1) is 7.11 Å². The average molecular weight is 214 g/mol. The topological polar surface area (TPSA) is 26.3 Å². The van der Waals surface area contributed by atoms with Crippen molar-refractivity contribution < 1.29 is 9.53 Å². The molecule has 2 heteroatoms. The zero-order chi connectivity index (χ0) is 11.4. The van der Waals surface area contributed by atoms with Crippen molar-refractivity contribution in [2.45, 2.75) is 12.8 Å². The highest BCUT2D eigenvalue weighted by molar-refractivity contribution is 5.87. The minimum atomic E-state index is 0.575. The molecule has 2 aromatic rings. The highest BCUT2D eigenvalue weighted by Crippen LogP contribution is 2.24. The first-order chi connectivity index (χ1) is 7.85. The van der Waals surface area contributed by atoms with E-state index in [-0.39, 0.29) is 0 Å². The lowest BCUT2D eigenvalue weighted by Gasteiger charge is -2.06. The third-order valence-electron chi connectivity index (χ3n) is 2.71. The Labute approximate surface area is 94.8 Å². The van der Waals surface area contributed by atoms with Crippen molar-refractivity contribution in [3.05, 3.63) is 42.0 Å². The molecule has 0 aliphatic carbocycles. The lowest BCUT2D eigenvalue weighted by atomic mass is 10.0. The second-order valence-electron chi connectivity index (χ2n) is 3.71. The molecule has 0 heterocycles. The van der Waals surface area contributed by atoms with Crippen molar-refractivity contribution in [2.24, 2.45) is 0 Å². The third kappa shape index (κ3) is 2.06. The maximum atomic E-state index is 10.4. The van der Waals surface area contributed by atoms with Crippen LogP contribution in [0.15, 0.2) is 36.4 Å². The van der Waals surface area contributed by atoms with Gasteiger partial charge in [-0.25, -0.2) is 0 Å². The van der Waals surface area contributed by atoms with E-state index in [1.54, 1.807) is 7.11 Å². The fourth-order valence-electron chi connectivity index (χ4n) is 1.89. The van der Waals surface area contributed by atoms with Gasteiger partial charge in [-0.3, -0.25) is 0 Å². The lowest BCUT2D eigenvalue weighted by molar-refractivity contribution is -0.107. The number of rotatable bonds is 4. The molecule has 0 saturated heterocycles. The molecule has 0 spiro atoms. The summed E-state index contributed by atoms with van der Waals surface area (Å²) in [6, 6.07) is 12.2. The van der Waals surface area contributed by atoms with Crippen LogP contribution in [0.3, 0.4) is 0 Å². The number of hydrogen-bond acceptors (Lipinski definition) is 2. The van der Waals surface area contributed by atoms with Crippen LogP contribution in [0, 0.1) is 0 Å². The van der Waals surface area contributed by atoms with Crippen LogP contribution in [0.4, 0.5) is 0 Å². The fraction of sp³-hybridized carbons (Fsp3) is 0.214. The van der Waals surface area contributed by atoms with Crippen molar-refractivity contribution >= 4 is 17.1 Å². The summed E-state index contributed by atoms with van der Waals surface area (Å²) < 4.78 is 5.19. The maximum absolute atomic E-state index is 10.4. The van der Waals surface area contributed by atoms with Gasteiger partial charge < -0.3 is 9.53 Å². The Morgan fingerprint density at radius 2 is 2.12 bits per heavy atom. The number of benzene rings is 2. The summed E-state index contributed by atoms with van der Waals surface area (Å²) in [5.41, 5.74) is 1.22. The molecule has 16 heavy (non-hydrogen) atoms. The lowest BCUT2D eigenvalue weighted by Crippen LogP contribution is -1.89. The van der Waals surface area contributed by atoms with Crippen molar-refractivity contribution in [1.82, 2.24) is 0 Å². The van der Waals surface area contributed by atoms with Gasteiger partial charge >= 0.3 is 0 Å². The molecule has 0 aliphatic rings. The van der Waals surface area contributed by atoms with E-state index in [0.717, 1.165) is 23.8 Å². The zero-order valence-corrected chi connectivity index (χ0v) is 9.27. The first kappa shape index (κ1) is 10.7. The van der Waals surface area contributed by atoms with Gasteiger partial charge in [-0.15, -0.1) is 0 Å². The highest BCUT2D eigenvalue weighted by atomic mass is 16.5. The Hall–Kier alpha value is -1.83. The number of hydrogen-bond donors (Lipinski definition) is 0. The van der Waals surface area contributed by atoms with Crippen LogP contribution in [0.1, 0.15) is 12.0 Å². The van der Waals surface area contributed by atoms with Gasteiger partial charge in [0.1, 0.15) is 12.0 Å². The van der Waals surface area contributed by atoms with Gasteiger partial charge in [-0.2, -0.15) is 0 Å². The van der Waals surface area contributed by atoms with E-state index in [1.165, 1.54) is 10.9 Å². The molecule has 0 amide bonds. The van der Waals surface area contributed by atoms with Crippen LogP contribution in [0.25, 0.3) is 10.8 Å². The van der Waals surface area contributed by atoms with Gasteiger partial charge in [0.2, 0.25) is 0 Å². The molecule has 0 bridgehead atoms. The summed E-state index contributed by atoms with van der Waals surface area (Å²) in [6.07, 6.45) is 2.33. The Morgan fingerprint density at radius 3 is 2.88 bits per heavy atom. The molecule has 0 fully saturated rings. The summed E-state index contributed by atoms with van der Waals surface area (Å²) in [6.45, 7) is 0. The predicted molar refractivity (Wildman–Crippen MR) is 64.9 cm³/mol. The van der Waals surface area contributed by atoms with Gasteiger partial charge in [0.25, 0.3) is 0 Å². The molecule has 0 aliphatic heterocycles. The van der Waals surface area contributed by atoms with Gasteiger partial charge in [0.15, 0.2) is 0 Å². The van der Waals surface area contributed by atoms with E-state index in [0.29, 0.717) is 6.42 Å². The van der Waals surface area contributed by atoms with Crippen LogP contribution >= 0.6 is 0 Å². The Balaban J connectivity index is 2.47. The first-order valence-corrected chi connectivity index (χ1v) is 5.34. The zero-order valence-electron chi connectivity index (χ0n) is 9.27. The number of fused-ring (bicyclic) bond motifs is 1. The van der Waals surface area contributed by atoms with Crippen LogP contribution in [0.5, 0.6) is 5.75 Å². The van der Waals surface area contributed by atoms with Crippen molar-refractivity contribution in [1.29, 1.82) is 0 Å². The van der Waals surface area contributed by atoms with E-state index in [4.69, 9.17) is 4.74 Å². The maximum Gasteiger partial charge on any atom is 0.120 e. The quantitative estimate of drug-likeness (QED) is 0.731. The Morgan fingerprint density at radius 1 is 1.25 bits per heavy atom. The van der Waals surface area contributed by atoms with Crippen LogP contribution < -0.4 is 4.74 Å². The molecule has 0 N–H and O–H groups in total. The summed E-state index contributed by atoms with van der Waals surface area (Å²) in [7, 11) is 1.66. The minimum absolute atomic E-state index is 0.575. The van der Waals surface area contributed by atoms with E-state index in [1.807, 2.05) is 24.3 Å². The number of carbonyl (C=O) groups is 1. The van der Waals surface area contributed by atoms with Crippen LogP contribution in [-0.4, -0.2) is 13.4 Å². The van der Waals surface area contributed by atoms with Gasteiger partial charge in [-0.05, 0) is 34.9 Å². The molecular weight excluding hydrogens is 200 g/mol. The van der Waals surface area contributed by atoms with Crippen molar-refractivity contribution in [3.8, 4) is 5.75 Å². The number of methoxy groups -OCH3 is 1. The number of aryl methyl sites for hydroxylation is 1. The van der Waals surface area contributed by atoms with Crippen molar-refractivity contribution in [3.63, 3.8) is 0 Å². The fourth-order valence-corrected chi connectivity index (χ4v) is 1.89. The first-order valence-electron chi connectivity index (χ1n) is 5.34. The smallest absolute Gasteiger partial charge is 0.120 e. The molecule has 0 unspecified atom stereocenters. The van der Waals surface area contributed by atoms with Gasteiger partial charge in [-0.1, -0.05) is 24.3 Å². The molecule has 2 rings (SSSR count). The standard InChI is InChI=1S/C14H14O2/c1-16-13-7-8-14-11(6-3-9-15)4-2-5-12(14)10-13/h2,4-5,7-10H,3,6H2,1H3. The van der Waals surface area contributed by atoms with E-state index in [9.17, 15) is 4.79 Å². The highest BCUT2D eigenvalue weighted by Gasteiger charge is 2.01. The summed E-state index contributed by atoms with van der Waals surface area (Å²) in [4.78, 5) is 10.4. The van der Waals surface area contributed by atoms with Crippen molar-refractivity contribution in [2.75, 3.05) is 7.11 Å². The van der Waals surface area contributed by atoms with Crippen LogP contribution in [-0.2, 0) is 11.2 Å². The second-order valence-corrected chi connectivity index (χ2v) is 3.71. The summed E-state index contributed by atoms with van der Waals surface area (Å²) >= 11 is 0. The molecule has 0 saturated carbocycles. The van der Waals surface area contributed by atoms with Gasteiger partial charge in [0, 0.05) is 6.42 Å². The normalized spacial score (nSPS) is 10.3. The molecule has 0 radical (unpaired) electrons. The monoisotopic (exact) mass is 214 g/mol. The number of ether oxygens (including phenoxy) is 1. The van der Waals surface area contributed by atoms with E-state index < -0.39 is 0 Å². The van der Waals surface area contributed by atoms with E-state index in [2.05, 4.69) is 12.1 Å². The minimum Gasteiger partial charge on any atom is -0.497 e. The summed E-state index contributed by atoms with van der Waals surface area (Å²) in [5, 5.41) is 2.35. The van der Waals surface area contributed by atoms with E-state index >= 15 is 0 Å². The summed E-state index contributed by atoms with van der Waals surface area (Å²) in [5.74, 6) is 0.861. The molecule has 2 aromatic carbocycles. The molecule has 0 aromatic heterocycles.